The fraction of sp³-hybridized carbons (Fsp3) is 0.875. The average Bonchev–Trinajstić information content (AvgIpc) is 2.91. The van der Waals surface area contributed by atoms with Crippen molar-refractivity contribution in [2.45, 2.75) is 64.3 Å². The van der Waals surface area contributed by atoms with E-state index in [9.17, 15) is 0 Å². The van der Waals surface area contributed by atoms with E-state index < -0.39 is 0 Å². The van der Waals surface area contributed by atoms with Crippen LogP contribution in [0.4, 0.5) is 0 Å². The van der Waals surface area contributed by atoms with Crippen LogP contribution in [0.3, 0.4) is 0 Å². The smallest absolute Gasteiger partial charge is 0.0544 e. The van der Waals surface area contributed by atoms with E-state index in [-0.39, 0.29) is 5.54 Å². The monoisotopic (exact) mass is 250 g/mol. The standard InChI is InChI=1S/C16H30N2/c1-14(16(2,3)18-11-7-8-12-18)17-13-15-9-5-4-6-10-15/h15,17H,1,4-13H2,2-3H3. The van der Waals surface area contributed by atoms with Crippen molar-refractivity contribution < 1.29 is 0 Å². The Labute approximate surface area is 113 Å². The molecular formula is C16H30N2. The van der Waals surface area contributed by atoms with E-state index in [4.69, 9.17) is 0 Å². The average molecular weight is 250 g/mol. The predicted octanol–water partition coefficient (Wildman–Crippen LogP) is 3.54. The molecule has 0 spiro atoms. The molecule has 0 amide bonds. The van der Waals surface area contributed by atoms with Gasteiger partial charge in [0.15, 0.2) is 0 Å². The second kappa shape index (κ2) is 6.10. The van der Waals surface area contributed by atoms with Gasteiger partial charge in [-0.15, -0.1) is 0 Å². The lowest BCUT2D eigenvalue weighted by Crippen LogP contribution is -2.47. The zero-order valence-corrected chi connectivity index (χ0v) is 12.3. The molecule has 104 valence electrons. The predicted molar refractivity (Wildman–Crippen MR) is 78.6 cm³/mol. The highest BCUT2D eigenvalue weighted by atomic mass is 15.2. The maximum atomic E-state index is 4.30. The van der Waals surface area contributed by atoms with Gasteiger partial charge in [0.2, 0.25) is 0 Å². The van der Waals surface area contributed by atoms with E-state index >= 15 is 0 Å². The molecule has 2 rings (SSSR count). The first-order valence-corrected chi connectivity index (χ1v) is 7.79. The van der Waals surface area contributed by atoms with E-state index in [0.29, 0.717) is 0 Å². The second-order valence-corrected chi connectivity index (χ2v) is 6.62. The summed E-state index contributed by atoms with van der Waals surface area (Å²) in [4.78, 5) is 2.57. The van der Waals surface area contributed by atoms with Gasteiger partial charge in [-0.1, -0.05) is 25.8 Å². The first kappa shape index (κ1) is 13.9. The van der Waals surface area contributed by atoms with Crippen LogP contribution in [-0.4, -0.2) is 30.1 Å². The molecule has 0 bridgehead atoms. The molecule has 1 aliphatic heterocycles. The van der Waals surface area contributed by atoms with Crippen molar-refractivity contribution in [3.63, 3.8) is 0 Å². The lowest BCUT2D eigenvalue weighted by molar-refractivity contribution is 0.181. The lowest BCUT2D eigenvalue weighted by Gasteiger charge is -2.38. The normalized spacial score (nSPS) is 23.2. The summed E-state index contributed by atoms with van der Waals surface area (Å²) < 4.78 is 0. The van der Waals surface area contributed by atoms with Gasteiger partial charge < -0.3 is 5.32 Å². The first-order chi connectivity index (χ1) is 8.60. The van der Waals surface area contributed by atoms with Crippen LogP contribution in [0.2, 0.25) is 0 Å². The van der Waals surface area contributed by atoms with Crippen LogP contribution in [0.15, 0.2) is 12.3 Å². The third-order valence-electron chi connectivity index (χ3n) is 4.96. The zero-order chi connectivity index (χ0) is 13.0. The summed E-state index contributed by atoms with van der Waals surface area (Å²) in [5, 5.41) is 3.63. The van der Waals surface area contributed by atoms with Gasteiger partial charge in [0.1, 0.15) is 0 Å². The molecule has 1 aliphatic carbocycles. The van der Waals surface area contributed by atoms with Crippen molar-refractivity contribution in [2.24, 2.45) is 5.92 Å². The molecular weight excluding hydrogens is 220 g/mol. The summed E-state index contributed by atoms with van der Waals surface area (Å²) in [5.74, 6) is 0.880. The highest BCUT2D eigenvalue weighted by Crippen LogP contribution is 2.27. The van der Waals surface area contributed by atoms with Crippen LogP contribution in [0.1, 0.15) is 58.8 Å². The number of nitrogens with zero attached hydrogens (tertiary/aromatic N) is 1. The molecule has 2 nitrogen and oxygen atoms in total. The SMILES string of the molecule is C=C(NCC1CCCCC1)C(C)(C)N1CCCC1. The maximum Gasteiger partial charge on any atom is 0.0544 e. The summed E-state index contributed by atoms with van der Waals surface area (Å²) >= 11 is 0. The molecule has 1 heterocycles. The van der Waals surface area contributed by atoms with Crippen LogP contribution in [0.5, 0.6) is 0 Å². The molecule has 0 radical (unpaired) electrons. The molecule has 2 aliphatic rings. The Bertz CT molecular complexity index is 271. The maximum absolute atomic E-state index is 4.30. The molecule has 18 heavy (non-hydrogen) atoms. The van der Waals surface area contributed by atoms with Crippen LogP contribution in [-0.2, 0) is 0 Å². The Morgan fingerprint density at radius 3 is 2.33 bits per heavy atom. The highest BCUT2D eigenvalue weighted by Gasteiger charge is 2.31. The Balaban J connectivity index is 1.78. The Kier molecular flexibility index (Phi) is 4.71. The van der Waals surface area contributed by atoms with Gasteiger partial charge in [-0.05, 0) is 58.5 Å². The molecule has 1 saturated heterocycles. The Morgan fingerprint density at radius 1 is 1.11 bits per heavy atom. The van der Waals surface area contributed by atoms with E-state index in [0.717, 1.165) is 12.5 Å². The Hall–Kier alpha value is -0.500. The van der Waals surface area contributed by atoms with Crippen LogP contribution in [0, 0.1) is 5.92 Å². The first-order valence-electron chi connectivity index (χ1n) is 7.79. The number of hydrogen-bond donors (Lipinski definition) is 1. The summed E-state index contributed by atoms with van der Waals surface area (Å²) in [7, 11) is 0. The van der Waals surface area contributed by atoms with Crippen molar-refractivity contribution >= 4 is 0 Å². The fourth-order valence-electron chi connectivity index (χ4n) is 3.34. The van der Waals surface area contributed by atoms with E-state index in [1.165, 1.54) is 63.7 Å². The minimum Gasteiger partial charge on any atom is -0.387 e. The quantitative estimate of drug-likeness (QED) is 0.803. The van der Waals surface area contributed by atoms with Crippen molar-refractivity contribution in [1.29, 1.82) is 0 Å². The minimum absolute atomic E-state index is 0.116. The van der Waals surface area contributed by atoms with Crippen molar-refractivity contribution in [1.82, 2.24) is 10.2 Å². The van der Waals surface area contributed by atoms with Gasteiger partial charge in [-0.25, -0.2) is 0 Å². The zero-order valence-electron chi connectivity index (χ0n) is 12.3. The molecule has 2 fully saturated rings. The van der Waals surface area contributed by atoms with E-state index in [2.05, 4.69) is 30.6 Å². The van der Waals surface area contributed by atoms with Gasteiger partial charge in [0, 0.05) is 12.2 Å². The molecule has 0 aromatic heterocycles. The molecule has 1 N–H and O–H groups in total. The van der Waals surface area contributed by atoms with E-state index in [1.54, 1.807) is 0 Å². The fourth-order valence-corrected chi connectivity index (χ4v) is 3.34. The van der Waals surface area contributed by atoms with Crippen LogP contribution < -0.4 is 5.32 Å². The van der Waals surface area contributed by atoms with Crippen LogP contribution >= 0.6 is 0 Å². The third-order valence-corrected chi connectivity index (χ3v) is 4.96. The van der Waals surface area contributed by atoms with Crippen LogP contribution in [0.25, 0.3) is 0 Å². The van der Waals surface area contributed by atoms with Gasteiger partial charge in [-0.3, -0.25) is 4.90 Å². The number of hydrogen-bond acceptors (Lipinski definition) is 2. The number of nitrogens with one attached hydrogen (secondary N) is 1. The second-order valence-electron chi connectivity index (χ2n) is 6.62. The summed E-state index contributed by atoms with van der Waals surface area (Å²) in [6, 6.07) is 0. The number of likely N-dealkylation sites (tertiary alicyclic amines) is 1. The topological polar surface area (TPSA) is 15.3 Å². The lowest BCUT2D eigenvalue weighted by atomic mass is 9.89. The molecule has 2 heteroatoms. The molecule has 0 unspecified atom stereocenters. The summed E-state index contributed by atoms with van der Waals surface area (Å²) in [5.41, 5.74) is 1.33. The van der Waals surface area contributed by atoms with Gasteiger partial charge in [0.25, 0.3) is 0 Å². The van der Waals surface area contributed by atoms with Crippen molar-refractivity contribution in [3.8, 4) is 0 Å². The van der Waals surface area contributed by atoms with Crippen molar-refractivity contribution in [2.75, 3.05) is 19.6 Å². The molecule has 0 aromatic rings. The Morgan fingerprint density at radius 2 is 1.72 bits per heavy atom. The van der Waals surface area contributed by atoms with Gasteiger partial charge >= 0.3 is 0 Å². The van der Waals surface area contributed by atoms with Gasteiger partial charge in [0.05, 0.1) is 5.54 Å². The highest BCUT2D eigenvalue weighted by molar-refractivity contribution is 5.12. The van der Waals surface area contributed by atoms with Crippen molar-refractivity contribution in [3.05, 3.63) is 12.3 Å². The largest absolute Gasteiger partial charge is 0.387 e. The summed E-state index contributed by atoms with van der Waals surface area (Å²) in [6.07, 6.45) is 9.80. The summed E-state index contributed by atoms with van der Waals surface area (Å²) in [6.45, 7) is 12.5. The number of rotatable bonds is 5. The minimum atomic E-state index is 0.116. The van der Waals surface area contributed by atoms with E-state index in [1.807, 2.05) is 0 Å². The van der Waals surface area contributed by atoms with Gasteiger partial charge in [-0.2, -0.15) is 0 Å². The molecule has 0 aromatic carbocycles. The third kappa shape index (κ3) is 3.28. The molecule has 0 atom stereocenters. The molecule has 1 saturated carbocycles.